The van der Waals surface area contributed by atoms with Gasteiger partial charge in [0.2, 0.25) is 0 Å². The fourth-order valence-electron chi connectivity index (χ4n) is 1.55. The van der Waals surface area contributed by atoms with E-state index in [0.29, 0.717) is 5.65 Å². The van der Waals surface area contributed by atoms with Crippen molar-refractivity contribution in [2.45, 2.75) is 6.10 Å². The summed E-state index contributed by atoms with van der Waals surface area (Å²) in [7, 11) is 0. The third-order valence-electron chi connectivity index (χ3n) is 2.60. The summed E-state index contributed by atoms with van der Waals surface area (Å²) < 4.78 is 1.20. The van der Waals surface area contributed by atoms with E-state index in [-0.39, 0.29) is 5.56 Å². The summed E-state index contributed by atoms with van der Waals surface area (Å²) in [6.07, 6.45) is 0.850. The maximum Gasteiger partial charge on any atom is 0.334 e. The van der Waals surface area contributed by atoms with E-state index in [1.807, 2.05) is 0 Å². The van der Waals surface area contributed by atoms with Gasteiger partial charge in [-0.2, -0.15) is 0 Å². The first-order chi connectivity index (χ1) is 9.50. The van der Waals surface area contributed by atoms with Gasteiger partial charge in [-0.15, -0.1) is 0 Å². The van der Waals surface area contributed by atoms with Crippen molar-refractivity contribution < 1.29 is 19.8 Å². The van der Waals surface area contributed by atoms with E-state index in [4.69, 9.17) is 10.2 Å². The molecule has 0 unspecified atom stereocenters. The second-order valence-electron chi connectivity index (χ2n) is 3.97. The lowest BCUT2D eigenvalue weighted by Crippen LogP contribution is -2.39. The molecule has 0 radical (unpaired) electrons. The highest BCUT2D eigenvalue weighted by atomic mass is 16.4. The van der Waals surface area contributed by atoms with E-state index < -0.39 is 30.1 Å². The molecule has 8 heteroatoms. The normalized spacial score (nSPS) is 12.1. The van der Waals surface area contributed by atoms with Crippen LogP contribution in [0, 0.1) is 0 Å². The molecule has 0 aliphatic rings. The van der Waals surface area contributed by atoms with Crippen LogP contribution < -0.4 is 10.9 Å². The zero-order valence-electron chi connectivity index (χ0n) is 10.2. The number of nitrogens with zero attached hydrogens (tertiary/aromatic N) is 2. The third kappa shape index (κ3) is 2.64. The van der Waals surface area contributed by atoms with Crippen LogP contribution in [0.15, 0.2) is 35.4 Å². The molecular formula is C12H11N3O5. The number of aromatic nitrogens is 2. The molecule has 1 atom stereocenters. The summed E-state index contributed by atoms with van der Waals surface area (Å²) >= 11 is 0. The SMILES string of the molecule is O=C(NC[C@H](O)C(=O)O)c1cnc2ccccn2c1=O. The van der Waals surface area contributed by atoms with Crippen molar-refractivity contribution in [3.63, 3.8) is 0 Å². The van der Waals surface area contributed by atoms with Gasteiger partial charge >= 0.3 is 5.97 Å². The van der Waals surface area contributed by atoms with Crippen LogP contribution in [0.25, 0.3) is 5.65 Å². The first kappa shape index (κ1) is 13.7. The Morgan fingerprint density at radius 2 is 2.15 bits per heavy atom. The van der Waals surface area contributed by atoms with Gasteiger partial charge < -0.3 is 15.5 Å². The van der Waals surface area contributed by atoms with E-state index in [9.17, 15) is 14.4 Å². The number of rotatable bonds is 4. The van der Waals surface area contributed by atoms with Crippen LogP contribution in [0.4, 0.5) is 0 Å². The summed E-state index contributed by atoms with van der Waals surface area (Å²) in [6.45, 7) is -0.495. The van der Waals surface area contributed by atoms with Crippen LogP contribution in [0.3, 0.4) is 0 Å². The Hall–Kier alpha value is -2.74. The van der Waals surface area contributed by atoms with Crippen LogP contribution in [0.1, 0.15) is 10.4 Å². The van der Waals surface area contributed by atoms with Gasteiger partial charge in [-0.3, -0.25) is 14.0 Å². The van der Waals surface area contributed by atoms with Gasteiger partial charge in [0.15, 0.2) is 6.10 Å². The Morgan fingerprint density at radius 1 is 1.40 bits per heavy atom. The van der Waals surface area contributed by atoms with Crippen molar-refractivity contribution in [2.24, 2.45) is 0 Å². The molecule has 20 heavy (non-hydrogen) atoms. The lowest BCUT2D eigenvalue weighted by Gasteiger charge is -2.08. The fraction of sp³-hybridized carbons (Fsp3) is 0.167. The van der Waals surface area contributed by atoms with Gasteiger partial charge in [-0.25, -0.2) is 9.78 Å². The number of hydrogen-bond acceptors (Lipinski definition) is 5. The zero-order chi connectivity index (χ0) is 14.7. The number of aliphatic hydroxyl groups is 1. The predicted molar refractivity (Wildman–Crippen MR) is 67.4 cm³/mol. The number of fused-ring (bicyclic) bond motifs is 1. The van der Waals surface area contributed by atoms with Crippen LogP contribution >= 0.6 is 0 Å². The van der Waals surface area contributed by atoms with Gasteiger partial charge in [0.25, 0.3) is 11.5 Å². The van der Waals surface area contributed by atoms with Crippen molar-refractivity contribution in [1.29, 1.82) is 0 Å². The van der Waals surface area contributed by atoms with Crippen molar-refractivity contribution in [1.82, 2.24) is 14.7 Å². The minimum atomic E-state index is -1.73. The molecule has 2 aromatic heterocycles. The molecule has 8 nitrogen and oxygen atoms in total. The smallest absolute Gasteiger partial charge is 0.334 e. The molecule has 0 saturated carbocycles. The number of nitrogens with one attached hydrogen (secondary N) is 1. The van der Waals surface area contributed by atoms with Crippen LogP contribution in [-0.4, -0.2) is 44.1 Å². The van der Waals surface area contributed by atoms with Crippen molar-refractivity contribution in [2.75, 3.05) is 6.54 Å². The summed E-state index contributed by atoms with van der Waals surface area (Å²) in [4.78, 5) is 38.2. The van der Waals surface area contributed by atoms with Crippen molar-refractivity contribution >= 4 is 17.5 Å². The summed E-state index contributed by atoms with van der Waals surface area (Å²) in [5.41, 5.74) is -0.413. The quantitative estimate of drug-likeness (QED) is 0.650. The first-order valence-electron chi connectivity index (χ1n) is 5.66. The highest BCUT2D eigenvalue weighted by Gasteiger charge is 2.17. The minimum absolute atomic E-state index is 0.230. The van der Waals surface area contributed by atoms with E-state index in [0.717, 1.165) is 6.20 Å². The summed E-state index contributed by atoms with van der Waals surface area (Å²) in [6, 6.07) is 4.92. The molecular weight excluding hydrogens is 266 g/mol. The van der Waals surface area contributed by atoms with Gasteiger partial charge in [0.1, 0.15) is 11.2 Å². The second-order valence-corrected chi connectivity index (χ2v) is 3.97. The van der Waals surface area contributed by atoms with Gasteiger partial charge in [-0.1, -0.05) is 6.07 Å². The second kappa shape index (κ2) is 5.49. The van der Waals surface area contributed by atoms with E-state index in [2.05, 4.69) is 10.3 Å². The lowest BCUT2D eigenvalue weighted by molar-refractivity contribution is -0.146. The molecule has 0 bridgehead atoms. The van der Waals surface area contributed by atoms with Crippen molar-refractivity contribution in [3.8, 4) is 0 Å². The molecule has 2 rings (SSSR count). The largest absolute Gasteiger partial charge is 0.479 e. The molecule has 1 amide bonds. The molecule has 2 heterocycles. The number of pyridine rings is 1. The van der Waals surface area contributed by atoms with Crippen molar-refractivity contribution in [3.05, 3.63) is 46.5 Å². The fourth-order valence-corrected chi connectivity index (χ4v) is 1.55. The van der Waals surface area contributed by atoms with Gasteiger partial charge in [0.05, 0.1) is 6.54 Å². The Morgan fingerprint density at radius 3 is 2.85 bits per heavy atom. The number of hydrogen-bond donors (Lipinski definition) is 3. The summed E-state index contributed by atoms with van der Waals surface area (Å²) in [5, 5.41) is 19.7. The summed E-state index contributed by atoms with van der Waals surface area (Å²) in [5.74, 6) is -2.25. The minimum Gasteiger partial charge on any atom is -0.479 e. The maximum absolute atomic E-state index is 12.0. The average molecular weight is 277 g/mol. The molecule has 0 aliphatic heterocycles. The Bertz CT molecular complexity index is 724. The molecule has 0 spiro atoms. The molecule has 0 saturated heterocycles. The predicted octanol–water partition coefficient (Wildman–Crippen LogP) is -1.13. The van der Waals surface area contributed by atoms with Gasteiger partial charge in [0, 0.05) is 12.4 Å². The molecule has 2 aromatic rings. The molecule has 104 valence electrons. The monoisotopic (exact) mass is 277 g/mol. The molecule has 0 fully saturated rings. The average Bonchev–Trinajstić information content (AvgIpc) is 2.45. The lowest BCUT2D eigenvalue weighted by atomic mass is 10.3. The van der Waals surface area contributed by atoms with Crippen LogP contribution in [-0.2, 0) is 4.79 Å². The van der Waals surface area contributed by atoms with E-state index in [1.165, 1.54) is 10.6 Å². The number of amides is 1. The third-order valence-corrected chi connectivity index (χ3v) is 2.60. The van der Waals surface area contributed by atoms with E-state index in [1.54, 1.807) is 18.2 Å². The highest BCUT2D eigenvalue weighted by Crippen LogP contribution is 1.97. The molecule has 0 aliphatic carbocycles. The highest BCUT2D eigenvalue weighted by molar-refractivity contribution is 5.94. The van der Waals surface area contributed by atoms with E-state index >= 15 is 0 Å². The van der Waals surface area contributed by atoms with Gasteiger partial charge in [-0.05, 0) is 12.1 Å². The number of carbonyl (C=O) groups excluding carboxylic acids is 1. The Kier molecular flexibility index (Phi) is 3.76. The Balaban J connectivity index is 2.25. The number of aliphatic carboxylic acids is 1. The maximum atomic E-state index is 12.0. The van der Waals surface area contributed by atoms with Crippen LogP contribution in [0.5, 0.6) is 0 Å². The number of carbonyl (C=O) groups is 2. The number of carboxylic acid groups (broad SMARTS) is 1. The molecule has 0 aromatic carbocycles. The number of carboxylic acids is 1. The Labute approximate surface area is 112 Å². The zero-order valence-corrected chi connectivity index (χ0v) is 10.2. The number of aliphatic hydroxyl groups excluding tert-OH is 1. The first-order valence-corrected chi connectivity index (χ1v) is 5.66. The van der Waals surface area contributed by atoms with Crippen LogP contribution in [0.2, 0.25) is 0 Å². The topological polar surface area (TPSA) is 121 Å². The standard InChI is InChI=1S/C12H11N3O5/c16-8(12(19)20)6-14-10(17)7-5-13-9-3-1-2-4-15(9)11(7)18/h1-5,8,16H,6H2,(H,14,17)(H,19,20)/t8-/m0/s1. The molecule has 3 N–H and O–H groups in total.